The molecule has 0 bridgehead atoms. The molecule has 3 aliphatic rings. The Morgan fingerprint density at radius 2 is 1.88 bits per heavy atom. The van der Waals surface area contributed by atoms with Crippen LogP contribution >= 0.6 is 11.6 Å². The third-order valence-corrected chi connectivity index (χ3v) is 7.07. The standard InChI is InChI=1S/C27H25ClN2O4/c28-20-5-3-4-18(12-20)21-13-19-15-29(11-10-22(19)30(26(21)31)14-17-8-9-17)27(32)25-16-33-23-6-1-2-7-24(23)34-25/h1-7,12-13,17,25H,8-11,14-16H2. The molecule has 1 saturated carbocycles. The summed E-state index contributed by atoms with van der Waals surface area (Å²) >= 11 is 6.22. The van der Waals surface area contributed by atoms with E-state index in [1.54, 1.807) is 6.07 Å². The molecule has 1 amide bonds. The summed E-state index contributed by atoms with van der Waals surface area (Å²) < 4.78 is 13.7. The van der Waals surface area contributed by atoms with Gasteiger partial charge in [-0.05, 0) is 60.2 Å². The number of pyridine rings is 1. The van der Waals surface area contributed by atoms with Crippen molar-refractivity contribution in [2.24, 2.45) is 5.92 Å². The summed E-state index contributed by atoms with van der Waals surface area (Å²) in [5.74, 6) is 1.71. The molecule has 3 heterocycles. The second-order valence-electron chi connectivity index (χ2n) is 9.27. The molecule has 0 N–H and O–H groups in total. The zero-order chi connectivity index (χ0) is 23.2. The van der Waals surface area contributed by atoms with Crippen LogP contribution in [-0.2, 0) is 24.3 Å². The number of aromatic nitrogens is 1. The SMILES string of the molecule is O=C(C1COc2ccccc2O1)N1CCc2c(cc(-c3cccc(Cl)c3)c(=O)n2CC2CC2)C1. The van der Waals surface area contributed by atoms with Crippen molar-refractivity contribution in [2.45, 2.75) is 38.5 Å². The van der Waals surface area contributed by atoms with Crippen LogP contribution < -0.4 is 15.0 Å². The van der Waals surface area contributed by atoms with E-state index in [1.807, 2.05) is 58.0 Å². The minimum Gasteiger partial charge on any atom is -0.485 e. The number of para-hydroxylation sites is 2. The van der Waals surface area contributed by atoms with Gasteiger partial charge in [0.1, 0.15) is 6.61 Å². The maximum absolute atomic E-state index is 13.5. The van der Waals surface area contributed by atoms with Gasteiger partial charge in [-0.1, -0.05) is 35.9 Å². The van der Waals surface area contributed by atoms with Crippen LogP contribution in [-0.4, -0.2) is 34.6 Å². The fraction of sp³-hybridized carbons (Fsp3) is 0.333. The van der Waals surface area contributed by atoms with Gasteiger partial charge in [0.15, 0.2) is 11.5 Å². The molecule has 0 saturated heterocycles. The third kappa shape index (κ3) is 3.96. The van der Waals surface area contributed by atoms with Crippen molar-refractivity contribution >= 4 is 17.5 Å². The Balaban J connectivity index is 1.32. The molecule has 1 aromatic heterocycles. The fourth-order valence-electron chi connectivity index (χ4n) is 4.87. The van der Waals surface area contributed by atoms with Gasteiger partial charge >= 0.3 is 0 Å². The number of hydrogen-bond acceptors (Lipinski definition) is 4. The molecule has 0 spiro atoms. The van der Waals surface area contributed by atoms with Crippen LogP contribution in [0.25, 0.3) is 11.1 Å². The summed E-state index contributed by atoms with van der Waals surface area (Å²) in [7, 11) is 0. The van der Waals surface area contributed by atoms with Gasteiger partial charge in [-0.3, -0.25) is 9.59 Å². The Labute approximate surface area is 202 Å². The molecule has 6 nitrogen and oxygen atoms in total. The van der Waals surface area contributed by atoms with Gasteiger partial charge in [0.25, 0.3) is 11.5 Å². The monoisotopic (exact) mass is 476 g/mol. The van der Waals surface area contributed by atoms with Gasteiger partial charge in [-0.2, -0.15) is 0 Å². The summed E-state index contributed by atoms with van der Waals surface area (Å²) in [6, 6.07) is 16.7. The normalized spacial score (nSPS) is 19.0. The van der Waals surface area contributed by atoms with E-state index in [4.69, 9.17) is 21.1 Å². The molecule has 1 unspecified atom stereocenters. The van der Waals surface area contributed by atoms with Crippen molar-refractivity contribution in [3.63, 3.8) is 0 Å². The van der Waals surface area contributed by atoms with E-state index in [0.717, 1.165) is 36.2 Å². The van der Waals surface area contributed by atoms with Crippen molar-refractivity contribution in [2.75, 3.05) is 13.2 Å². The zero-order valence-electron chi connectivity index (χ0n) is 18.7. The van der Waals surface area contributed by atoms with E-state index in [1.165, 1.54) is 0 Å². The molecule has 2 aliphatic heterocycles. The molecule has 7 heteroatoms. The Morgan fingerprint density at radius 3 is 2.68 bits per heavy atom. The lowest BCUT2D eigenvalue weighted by atomic mass is 9.98. The predicted octanol–water partition coefficient (Wildman–Crippen LogP) is 4.30. The highest BCUT2D eigenvalue weighted by Crippen LogP contribution is 2.34. The van der Waals surface area contributed by atoms with Crippen LogP contribution in [0.4, 0.5) is 0 Å². The average molecular weight is 477 g/mol. The minimum absolute atomic E-state index is 0.0216. The van der Waals surface area contributed by atoms with Crippen molar-refractivity contribution in [3.8, 4) is 22.6 Å². The first-order valence-corrected chi connectivity index (χ1v) is 12.1. The molecule has 174 valence electrons. The molecule has 3 aromatic rings. The molecule has 2 aromatic carbocycles. The summed E-state index contributed by atoms with van der Waals surface area (Å²) in [5.41, 5.74) is 3.49. The molecule has 1 fully saturated rings. The molecule has 1 aliphatic carbocycles. The van der Waals surface area contributed by atoms with Crippen molar-refractivity contribution in [1.82, 2.24) is 9.47 Å². The fourth-order valence-corrected chi connectivity index (χ4v) is 5.06. The number of carbonyl (C=O) groups excluding carboxylic acids is 1. The Morgan fingerprint density at radius 1 is 1.06 bits per heavy atom. The second-order valence-corrected chi connectivity index (χ2v) is 9.71. The van der Waals surface area contributed by atoms with Crippen molar-refractivity contribution < 1.29 is 14.3 Å². The number of carbonyl (C=O) groups is 1. The Kier molecular flexibility index (Phi) is 5.33. The van der Waals surface area contributed by atoms with Crippen LogP contribution in [0.1, 0.15) is 24.1 Å². The molecule has 6 rings (SSSR count). The van der Waals surface area contributed by atoms with Crippen LogP contribution in [0, 0.1) is 5.92 Å². The smallest absolute Gasteiger partial charge is 0.267 e. The highest BCUT2D eigenvalue weighted by molar-refractivity contribution is 6.30. The first-order chi connectivity index (χ1) is 16.6. The number of rotatable bonds is 4. The lowest BCUT2D eigenvalue weighted by Crippen LogP contribution is -2.48. The minimum atomic E-state index is -0.679. The van der Waals surface area contributed by atoms with E-state index >= 15 is 0 Å². The van der Waals surface area contributed by atoms with Gasteiger partial charge in [0.05, 0.1) is 0 Å². The number of halogens is 1. The van der Waals surface area contributed by atoms with Crippen LogP contribution in [0.3, 0.4) is 0 Å². The van der Waals surface area contributed by atoms with E-state index in [2.05, 4.69) is 0 Å². The number of hydrogen-bond donors (Lipinski definition) is 0. The largest absolute Gasteiger partial charge is 0.485 e. The number of benzene rings is 2. The summed E-state index contributed by atoms with van der Waals surface area (Å²) in [5, 5.41) is 0.592. The molecular weight excluding hydrogens is 452 g/mol. The zero-order valence-corrected chi connectivity index (χ0v) is 19.5. The Bertz CT molecular complexity index is 1330. The molecule has 1 atom stereocenters. The lowest BCUT2D eigenvalue weighted by Gasteiger charge is -2.34. The second kappa shape index (κ2) is 8.51. The van der Waals surface area contributed by atoms with Crippen molar-refractivity contribution in [1.29, 1.82) is 0 Å². The van der Waals surface area contributed by atoms with Gasteiger partial charge in [0, 0.05) is 42.3 Å². The molecule has 0 radical (unpaired) electrons. The lowest BCUT2D eigenvalue weighted by molar-refractivity contribution is -0.142. The van der Waals surface area contributed by atoms with Crippen LogP contribution in [0.15, 0.2) is 59.4 Å². The first kappa shape index (κ1) is 21.3. The Hall–Kier alpha value is -3.25. The average Bonchev–Trinajstić information content (AvgIpc) is 3.69. The summed E-state index contributed by atoms with van der Waals surface area (Å²) in [6.07, 6.45) is 2.28. The highest BCUT2D eigenvalue weighted by Gasteiger charge is 2.34. The number of nitrogens with zero attached hydrogens (tertiary/aromatic N) is 2. The van der Waals surface area contributed by atoms with Crippen LogP contribution in [0.5, 0.6) is 11.5 Å². The quantitative estimate of drug-likeness (QED) is 0.563. The molecule has 34 heavy (non-hydrogen) atoms. The van der Waals surface area contributed by atoms with Gasteiger partial charge in [0.2, 0.25) is 6.10 Å². The van der Waals surface area contributed by atoms with E-state index in [9.17, 15) is 9.59 Å². The number of amides is 1. The van der Waals surface area contributed by atoms with Crippen molar-refractivity contribution in [3.05, 3.63) is 81.2 Å². The third-order valence-electron chi connectivity index (χ3n) is 6.84. The first-order valence-electron chi connectivity index (χ1n) is 11.8. The maximum Gasteiger partial charge on any atom is 0.267 e. The van der Waals surface area contributed by atoms with Crippen LogP contribution in [0.2, 0.25) is 5.02 Å². The highest BCUT2D eigenvalue weighted by atomic mass is 35.5. The van der Waals surface area contributed by atoms with Gasteiger partial charge < -0.3 is 18.9 Å². The number of ether oxygens (including phenoxy) is 2. The van der Waals surface area contributed by atoms with E-state index in [-0.39, 0.29) is 18.1 Å². The van der Waals surface area contributed by atoms with E-state index < -0.39 is 6.10 Å². The topological polar surface area (TPSA) is 60.8 Å². The summed E-state index contributed by atoms with van der Waals surface area (Å²) in [6.45, 7) is 1.91. The van der Waals surface area contributed by atoms with Gasteiger partial charge in [-0.25, -0.2) is 0 Å². The maximum atomic E-state index is 13.5. The van der Waals surface area contributed by atoms with Gasteiger partial charge in [-0.15, -0.1) is 0 Å². The number of fused-ring (bicyclic) bond motifs is 2. The molecular formula is C27H25ClN2O4. The summed E-state index contributed by atoms with van der Waals surface area (Å²) in [4.78, 5) is 28.7. The van der Waals surface area contributed by atoms with E-state index in [0.29, 0.717) is 47.5 Å². The predicted molar refractivity (Wildman–Crippen MR) is 129 cm³/mol.